The van der Waals surface area contributed by atoms with Gasteiger partial charge < -0.3 is 5.32 Å². The van der Waals surface area contributed by atoms with Crippen molar-refractivity contribution in [2.24, 2.45) is 11.8 Å². The zero-order valence-electron chi connectivity index (χ0n) is 10.7. The van der Waals surface area contributed by atoms with Crippen LogP contribution in [0, 0.1) is 17.7 Å². The first-order valence-corrected chi connectivity index (χ1v) is 6.56. The van der Waals surface area contributed by atoms with Crippen molar-refractivity contribution in [3.8, 4) is 0 Å². The quantitative estimate of drug-likeness (QED) is 0.896. The Morgan fingerprint density at radius 2 is 2.28 bits per heavy atom. The molecule has 4 heteroatoms. The Bertz CT molecular complexity index is 422. The van der Waals surface area contributed by atoms with Crippen molar-refractivity contribution in [3.05, 3.63) is 29.8 Å². The second-order valence-electron chi connectivity index (χ2n) is 5.09. The number of nitrogens with zero attached hydrogens (tertiary/aromatic N) is 1. The molecule has 0 bridgehead atoms. The van der Waals surface area contributed by atoms with Crippen LogP contribution in [0.5, 0.6) is 0 Å². The fourth-order valence-electron chi connectivity index (χ4n) is 2.57. The monoisotopic (exact) mass is 250 g/mol. The van der Waals surface area contributed by atoms with E-state index in [2.05, 4.69) is 17.2 Å². The van der Waals surface area contributed by atoms with Crippen molar-refractivity contribution in [3.63, 3.8) is 0 Å². The summed E-state index contributed by atoms with van der Waals surface area (Å²) in [7, 11) is 0. The number of nitrogens with one attached hydrogen (secondary N) is 1. The van der Waals surface area contributed by atoms with E-state index < -0.39 is 5.82 Å². The zero-order chi connectivity index (χ0) is 13.0. The smallest absolute Gasteiger partial charge is 0.254 e. The third kappa shape index (κ3) is 3.06. The Hall–Kier alpha value is -1.45. The minimum absolute atomic E-state index is 0.0773. The number of pyridine rings is 1. The zero-order valence-corrected chi connectivity index (χ0v) is 10.7. The molecule has 1 aliphatic carbocycles. The Morgan fingerprint density at radius 3 is 3.00 bits per heavy atom. The maximum absolute atomic E-state index is 13.4. The van der Waals surface area contributed by atoms with E-state index in [1.807, 2.05) is 0 Å². The first-order chi connectivity index (χ1) is 8.68. The van der Waals surface area contributed by atoms with Crippen LogP contribution in [0.4, 0.5) is 4.39 Å². The van der Waals surface area contributed by atoms with Crippen LogP contribution in [0.25, 0.3) is 0 Å². The van der Waals surface area contributed by atoms with Crippen molar-refractivity contribution in [2.45, 2.75) is 32.6 Å². The Labute approximate surface area is 107 Å². The highest BCUT2D eigenvalue weighted by Gasteiger charge is 2.22. The first kappa shape index (κ1) is 13.0. The second-order valence-corrected chi connectivity index (χ2v) is 5.09. The number of rotatable bonds is 3. The molecule has 0 aliphatic heterocycles. The van der Waals surface area contributed by atoms with Gasteiger partial charge in [-0.2, -0.15) is 0 Å². The number of hydrogen-bond acceptors (Lipinski definition) is 2. The van der Waals surface area contributed by atoms with Gasteiger partial charge in [0.1, 0.15) is 0 Å². The molecule has 1 aromatic rings. The van der Waals surface area contributed by atoms with E-state index in [0.29, 0.717) is 18.4 Å². The molecule has 1 saturated carbocycles. The molecule has 0 aromatic carbocycles. The molecule has 98 valence electrons. The Kier molecular flexibility index (Phi) is 4.28. The standard InChI is InChI=1S/C14H19FN2O/c1-10-4-2-3-5-11(10)8-17-14(18)12-6-7-16-9-13(12)15/h6-7,9-11H,2-5,8H2,1H3,(H,17,18). The van der Waals surface area contributed by atoms with Gasteiger partial charge in [0.25, 0.3) is 5.91 Å². The van der Waals surface area contributed by atoms with E-state index in [0.717, 1.165) is 12.6 Å². The highest BCUT2D eigenvalue weighted by atomic mass is 19.1. The minimum Gasteiger partial charge on any atom is -0.352 e. The van der Waals surface area contributed by atoms with Gasteiger partial charge in [-0.3, -0.25) is 9.78 Å². The minimum atomic E-state index is -0.563. The maximum atomic E-state index is 13.4. The molecule has 2 atom stereocenters. The molecule has 0 saturated heterocycles. The maximum Gasteiger partial charge on any atom is 0.254 e. The topological polar surface area (TPSA) is 42.0 Å². The van der Waals surface area contributed by atoms with Crippen molar-refractivity contribution in [1.82, 2.24) is 10.3 Å². The summed E-state index contributed by atoms with van der Waals surface area (Å²) in [5.74, 6) is 0.258. The normalized spacial score (nSPS) is 23.7. The SMILES string of the molecule is CC1CCCCC1CNC(=O)c1ccncc1F. The third-order valence-corrected chi connectivity index (χ3v) is 3.83. The van der Waals surface area contributed by atoms with Crippen molar-refractivity contribution in [1.29, 1.82) is 0 Å². The third-order valence-electron chi connectivity index (χ3n) is 3.83. The first-order valence-electron chi connectivity index (χ1n) is 6.56. The van der Waals surface area contributed by atoms with Crippen LogP contribution < -0.4 is 5.32 Å². The summed E-state index contributed by atoms with van der Waals surface area (Å²) in [6, 6.07) is 1.41. The number of amides is 1. The van der Waals surface area contributed by atoms with E-state index in [1.54, 1.807) is 0 Å². The summed E-state index contributed by atoms with van der Waals surface area (Å²) in [4.78, 5) is 15.5. The van der Waals surface area contributed by atoms with Gasteiger partial charge in [-0.25, -0.2) is 4.39 Å². The van der Waals surface area contributed by atoms with Gasteiger partial charge in [0.2, 0.25) is 0 Å². The molecule has 0 radical (unpaired) electrons. The van der Waals surface area contributed by atoms with Gasteiger partial charge in [-0.1, -0.05) is 26.2 Å². The summed E-state index contributed by atoms with van der Waals surface area (Å²) >= 11 is 0. The molecule has 1 aromatic heterocycles. The summed E-state index contributed by atoms with van der Waals surface area (Å²) < 4.78 is 13.4. The predicted octanol–water partition coefficient (Wildman–Crippen LogP) is 2.78. The lowest BCUT2D eigenvalue weighted by molar-refractivity contribution is 0.0932. The number of carbonyl (C=O) groups is 1. The van der Waals surface area contributed by atoms with E-state index in [9.17, 15) is 9.18 Å². The Morgan fingerprint density at radius 1 is 1.50 bits per heavy atom. The van der Waals surface area contributed by atoms with Crippen molar-refractivity contribution in [2.75, 3.05) is 6.54 Å². The van der Waals surface area contributed by atoms with Crippen LogP contribution in [0.3, 0.4) is 0 Å². The molecule has 18 heavy (non-hydrogen) atoms. The molecular formula is C14H19FN2O. The fraction of sp³-hybridized carbons (Fsp3) is 0.571. The average molecular weight is 250 g/mol. The van der Waals surface area contributed by atoms with Gasteiger partial charge in [-0.15, -0.1) is 0 Å². The molecule has 1 amide bonds. The summed E-state index contributed by atoms with van der Waals surface area (Å²) in [5, 5.41) is 2.83. The van der Waals surface area contributed by atoms with Gasteiger partial charge in [0.05, 0.1) is 11.8 Å². The van der Waals surface area contributed by atoms with Crippen LogP contribution in [0.2, 0.25) is 0 Å². The highest BCUT2D eigenvalue weighted by molar-refractivity contribution is 5.94. The van der Waals surface area contributed by atoms with Crippen LogP contribution in [-0.2, 0) is 0 Å². The summed E-state index contributed by atoms with van der Waals surface area (Å²) in [5.41, 5.74) is 0.0773. The van der Waals surface area contributed by atoms with Crippen LogP contribution >= 0.6 is 0 Å². The summed E-state index contributed by atoms with van der Waals surface area (Å²) in [6.45, 7) is 2.87. The number of carbonyl (C=O) groups excluding carboxylic acids is 1. The predicted molar refractivity (Wildman–Crippen MR) is 67.7 cm³/mol. The molecule has 1 heterocycles. The highest BCUT2D eigenvalue weighted by Crippen LogP contribution is 2.28. The summed E-state index contributed by atoms with van der Waals surface area (Å²) in [6.07, 6.45) is 7.39. The van der Waals surface area contributed by atoms with E-state index in [4.69, 9.17) is 0 Å². The van der Waals surface area contributed by atoms with E-state index >= 15 is 0 Å². The van der Waals surface area contributed by atoms with E-state index in [1.165, 1.54) is 31.5 Å². The lowest BCUT2D eigenvalue weighted by atomic mass is 9.80. The van der Waals surface area contributed by atoms with Crippen molar-refractivity contribution < 1.29 is 9.18 Å². The second kappa shape index (κ2) is 5.94. The van der Waals surface area contributed by atoms with Gasteiger partial charge in [-0.05, 0) is 24.3 Å². The van der Waals surface area contributed by atoms with Gasteiger partial charge in [0, 0.05) is 12.7 Å². The largest absolute Gasteiger partial charge is 0.352 e. The Balaban J connectivity index is 1.90. The van der Waals surface area contributed by atoms with E-state index in [-0.39, 0.29) is 11.5 Å². The van der Waals surface area contributed by atoms with Gasteiger partial charge >= 0.3 is 0 Å². The molecule has 1 fully saturated rings. The number of aromatic nitrogens is 1. The number of halogens is 1. The fourth-order valence-corrected chi connectivity index (χ4v) is 2.57. The van der Waals surface area contributed by atoms with Crippen LogP contribution in [-0.4, -0.2) is 17.4 Å². The van der Waals surface area contributed by atoms with Crippen LogP contribution in [0.1, 0.15) is 43.0 Å². The lowest BCUT2D eigenvalue weighted by Gasteiger charge is -2.28. The molecule has 3 nitrogen and oxygen atoms in total. The van der Waals surface area contributed by atoms with Gasteiger partial charge in [0.15, 0.2) is 5.82 Å². The van der Waals surface area contributed by atoms with Crippen molar-refractivity contribution >= 4 is 5.91 Å². The lowest BCUT2D eigenvalue weighted by Crippen LogP contribution is -2.33. The molecule has 2 rings (SSSR count). The molecule has 1 aliphatic rings. The molecular weight excluding hydrogens is 231 g/mol. The van der Waals surface area contributed by atoms with Crippen LogP contribution in [0.15, 0.2) is 18.5 Å². The molecule has 2 unspecified atom stereocenters. The number of hydrogen-bond donors (Lipinski definition) is 1. The average Bonchev–Trinajstić information content (AvgIpc) is 2.38. The molecule has 0 spiro atoms. The molecule has 1 N–H and O–H groups in total.